The maximum absolute atomic E-state index is 11.6. The van der Waals surface area contributed by atoms with Gasteiger partial charge in [-0.25, -0.2) is 4.79 Å². The van der Waals surface area contributed by atoms with Crippen LogP contribution < -0.4 is 16.4 Å². The van der Waals surface area contributed by atoms with Crippen LogP contribution in [-0.4, -0.2) is 45.8 Å². The number of carbonyl (C=O) groups excluding carboxylic acids is 2. The van der Waals surface area contributed by atoms with Gasteiger partial charge in [0.15, 0.2) is 0 Å². The minimum absolute atomic E-state index is 0.103. The molecule has 0 saturated heterocycles. The molecule has 1 aromatic rings. The second kappa shape index (κ2) is 8.80. The summed E-state index contributed by atoms with van der Waals surface area (Å²) in [5.74, 6) is -0.581. The highest BCUT2D eigenvalue weighted by molar-refractivity contribution is 5.98. The Morgan fingerprint density at radius 1 is 1.24 bits per heavy atom. The summed E-state index contributed by atoms with van der Waals surface area (Å²) < 4.78 is 9.54. The van der Waals surface area contributed by atoms with Crippen LogP contribution in [0, 0.1) is 0 Å². The van der Waals surface area contributed by atoms with Gasteiger partial charge in [0.25, 0.3) is 0 Å². The van der Waals surface area contributed by atoms with Crippen LogP contribution in [0.1, 0.15) is 16.8 Å². The molecule has 7 heteroatoms. The van der Waals surface area contributed by atoms with E-state index in [2.05, 4.69) is 10.6 Å². The molecule has 0 unspecified atom stereocenters. The molecule has 0 radical (unpaired) electrons. The highest BCUT2D eigenvalue weighted by Crippen LogP contribution is 2.24. The van der Waals surface area contributed by atoms with Crippen molar-refractivity contribution < 1.29 is 19.1 Å². The Kier molecular flexibility index (Phi) is 7.03. The number of nitrogens with one attached hydrogen (secondary N) is 2. The number of nitrogens with two attached hydrogens (primary N) is 1. The topological polar surface area (TPSA) is 103 Å². The molecule has 1 amide bonds. The van der Waals surface area contributed by atoms with Crippen LogP contribution in [0.2, 0.25) is 0 Å². The number of para-hydroxylation sites is 1. The first kappa shape index (κ1) is 16.8. The second-order valence-corrected chi connectivity index (χ2v) is 4.28. The zero-order chi connectivity index (χ0) is 15.7. The van der Waals surface area contributed by atoms with E-state index in [1.807, 2.05) is 0 Å². The summed E-state index contributed by atoms with van der Waals surface area (Å²) in [6.07, 6.45) is 0.263. The molecule has 0 atom stereocenters. The minimum Gasteiger partial charge on any atom is -0.465 e. The first-order valence-electron chi connectivity index (χ1n) is 6.56. The summed E-state index contributed by atoms with van der Waals surface area (Å²) in [6, 6.07) is 4.96. The van der Waals surface area contributed by atoms with E-state index in [1.165, 1.54) is 7.11 Å². The van der Waals surface area contributed by atoms with Crippen LogP contribution in [0.3, 0.4) is 0 Å². The number of methoxy groups -OCH3 is 2. The summed E-state index contributed by atoms with van der Waals surface area (Å²) in [5.41, 5.74) is 7.10. The van der Waals surface area contributed by atoms with Crippen LogP contribution in [0.25, 0.3) is 0 Å². The summed E-state index contributed by atoms with van der Waals surface area (Å²) in [4.78, 5) is 23.2. The van der Waals surface area contributed by atoms with Gasteiger partial charge < -0.3 is 25.8 Å². The van der Waals surface area contributed by atoms with Gasteiger partial charge in [0.2, 0.25) is 5.91 Å². The van der Waals surface area contributed by atoms with Crippen molar-refractivity contribution in [3.05, 3.63) is 23.8 Å². The largest absolute Gasteiger partial charge is 0.465 e. The fourth-order valence-corrected chi connectivity index (χ4v) is 1.73. The normalized spacial score (nSPS) is 10.0. The number of amides is 1. The Hall–Kier alpha value is -2.28. The predicted molar refractivity (Wildman–Crippen MR) is 80.2 cm³/mol. The van der Waals surface area contributed by atoms with Crippen molar-refractivity contribution in [2.45, 2.75) is 6.42 Å². The Bertz CT molecular complexity index is 491. The number of esters is 1. The zero-order valence-corrected chi connectivity index (χ0v) is 12.3. The SMILES string of the molecule is COCCNC(=O)CCNc1c(N)cccc1C(=O)OC. The van der Waals surface area contributed by atoms with Crippen molar-refractivity contribution in [3.8, 4) is 0 Å². The van der Waals surface area contributed by atoms with Crippen molar-refractivity contribution in [2.24, 2.45) is 0 Å². The van der Waals surface area contributed by atoms with E-state index < -0.39 is 5.97 Å². The van der Waals surface area contributed by atoms with E-state index in [4.69, 9.17) is 15.2 Å². The van der Waals surface area contributed by atoms with Gasteiger partial charge in [-0.05, 0) is 12.1 Å². The highest BCUT2D eigenvalue weighted by Gasteiger charge is 2.14. The fourth-order valence-electron chi connectivity index (χ4n) is 1.73. The lowest BCUT2D eigenvalue weighted by molar-refractivity contribution is -0.121. The van der Waals surface area contributed by atoms with Crippen LogP contribution in [-0.2, 0) is 14.3 Å². The molecule has 0 aliphatic heterocycles. The third-order valence-corrected chi connectivity index (χ3v) is 2.78. The number of rotatable bonds is 8. The van der Waals surface area contributed by atoms with Gasteiger partial charge in [-0.3, -0.25) is 4.79 Å². The molecular weight excluding hydrogens is 274 g/mol. The van der Waals surface area contributed by atoms with Gasteiger partial charge >= 0.3 is 5.97 Å². The molecule has 4 N–H and O–H groups in total. The Morgan fingerprint density at radius 3 is 2.67 bits per heavy atom. The number of hydrogen-bond acceptors (Lipinski definition) is 6. The predicted octanol–water partition coefficient (Wildman–Crippen LogP) is 0.620. The molecule has 7 nitrogen and oxygen atoms in total. The first-order valence-corrected chi connectivity index (χ1v) is 6.56. The third kappa shape index (κ3) is 5.31. The number of carbonyl (C=O) groups is 2. The average Bonchev–Trinajstić information content (AvgIpc) is 2.48. The minimum atomic E-state index is -0.477. The second-order valence-electron chi connectivity index (χ2n) is 4.28. The number of nitrogen functional groups attached to an aromatic ring is 1. The van der Waals surface area contributed by atoms with Gasteiger partial charge in [-0.1, -0.05) is 6.07 Å². The smallest absolute Gasteiger partial charge is 0.340 e. The van der Waals surface area contributed by atoms with Gasteiger partial charge in [-0.15, -0.1) is 0 Å². The third-order valence-electron chi connectivity index (χ3n) is 2.78. The van der Waals surface area contributed by atoms with E-state index >= 15 is 0 Å². The van der Waals surface area contributed by atoms with E-state index in [0.717, 1.165) is 0 Å². The van der Waals surface area contributed by atoms with Crippen LogP contribution in [0.4, 0.5) is 11.4 Å². The molecular formula is C14H21N3O4. The molecule has 0 aliphatic rings. The van der Waals surface area contributed by atoms with Crippen molar-refractivity contribution >= 4 is 23.3 Å². The van der Waals surface area contributed by atoms with Gasteiger partial charge in [-0.2, -0.15) is 0 Å². The monoisotopic (exact) mass is 295 g/mol. The van der Waals surface area contributed by atoms with Crippen molar-refractivity contribution in [2.75, 3.05) is 45.0 Å². The molecule has 0 saturated carbocycles. The maximum Gasteiger partial charge on any atom is 0.340 e. The molecule has 0 fully saturated rings. The standard InChI is InChI=1S/C14H21N3O4/c1-20-9-8-16-12(18)6-7-17-13-10(14(19)21-2)4-3-5-11(13)15/h3-5,17H,6-9,15H2,1-2H3,(H,16,18). The number of ether oxygens (including phenoxy) is 2. The zero-order valence-electron chi connectivity index (χ0n) is 12.3. The molecule has 0 aliphatic carbocycles. The summed E-state index contributed by atoms with van der Waals surface area (Å²) in [6.45, 7) is 1.30. The Labute approximate surface area is 123 Å². The van der Waals surface area contributed by atoms with Crippen molar-refractivity contribution in [1.82, 2.24) is 5.32 Å². The maximum atomic E-state index is 11.6. The summed E-state index contributed by atoms with van der Waals surface area (Å²) in [7, 11) is 2.87. The summed E-state index contributed by atoms with van der Waals surface area (Å²) in [5, 5.41) is 5.71. The van der Waals surface area contributed by atoms with Gasteiger partial charge in [0, 0.05) is 26.6 Å². The fraction of sp³-hybridized carbons (Fsp3) is 0.429. The van der Waals surface area contributed by atoms with E-state index in [1.54, 1.807) is 25.3 Å². The molecule has 116 valence electrons. The van der Waals surface area contributed by atoms with E-state index in [0.29, 0.717) is 36.6 Å². The average molecular weight is 295 g/mol. The number of benzene rings is 1. The van der Waals surface area contributed by atoms with E-state index in [-0.39, 0.29) is 12.3 Å². The van der Waals surface area contributed by atoms with E-state index in [9.17, 15) is 9.59 Å². The summed E-state index contributed by atoms with van der Waals surface area (Å²) >= 11 is 0. The van der Waals surface area contributed by atoms with Crippen LogP contribution >= 0.6 is 0 Å². The lowest BCUT2D eigenvalue weighted by atomic mass is 10.1. The number of hydrogen-bond donors (Lipinski definition) is 3. The van der Waals surface area contributed by atoms with Crippen molar-refractivity contribution in [1.29, 1.82) is 0 Å². The van der Waals surface area contributed by atoms with Gasteiger partial charge in [0.05, 0.1) is 30.7 Å². The quantitative estimate of drug-likeness (QED) is 0.369. The molecule has 0 spiro atoms. The van der Waals surface area contributed by atoms with Gasteiger partial charge in [0.1, 0.15) is 0 Å². The van der Waals surface area contributed by atoms with Crippen LogP contribution in [0.5, 0.6) is 0 Å². The number of anilines is 2. The first-order chi connectivity index (χ1) is 10.1. The molecule has 1 aromatic carbocycles. The highest BCUT2D eigenvalue weighted by atomic mass is 16.5. The van der Waals surface area contributed by atoms with Crippen molar-refractivity contribution in [3.63, 3.8) is 0 Å². The Morgan fingerprint density at radius 2 is 2.00 bits per heavy atom. The van der Waals surface area contributed by atoms with Crippen LogP contribution in [0.15, 0.2) is 18.2 Å². The molecule has 0 heterocycles. The molecule has 1 rings (SSSR count). The Balaban J connectivity index is 2.55. The lowest BCUT2D eigenvalue weighted by Crippen LogP contribution is -2.28. The molecule has 21 heavy (non-hydrogen) atoms. The molecule has 0 bridgehead atoms. The lowest BCUT2D eigenvalue weighted by Gasteiger charge is -2.13. The molecule has 0 aromatic heterocycles.